The van der Waals surface area contributed by atoms with E-state index in [0.29, 0.717) is 21.3 Å². The van der Waals surface area contributed by atoms with Gasteiger partial charge in [0, 0.05) is 25.4 Å². The average Bonchev–Trinajstić information content (AvgIpc) is 3.51. The predicted molar refractivity (Wildman–Crippen MR) is 125 cm³/mol. The summed E-state index contributed by atoms with van der Waals surface area (Å²) in [6.45, 7) is -0.411. The average molecular weight is 507 g/mol. The van der Waals surface area contributed by atoms with Gasteiger partial charge in [-0.1, -0.05) is 6.07 Å². The quantitative estimate of drug-likeness (QED) is 0.403. The van der Waals surface area contributed by atoms with E-state index in [1.807, 2.05) is 0 Å². The molecule has 1 unspecified atom stereocenters. The van der Waals surface area contributed by atoms with Gasteiger partial charge in [-0.3, -0.25) is 9.59 Å². The molecule has 1 aliphatic carbocycles. The molecule has 0 bridgehead atoms. The highest BCUT2D eigenvalue weighted by molar-refractivity contribution is 7.92. The van der Waals surface area contributed by atoms with E-state index >= 15 is 0 Å². The summed E-state index contributed by atoms with van der Waals surface area (Å²) in [6.07, 6.45) is 3.14. The van der Waals surface area contributed by atoms with E-state index in [-0.39, 0.29) is 35.9 Å². The van der Waals surface area contributed by atoms with Gasteiger partial charge in [-0.25, -0.2) is 18.4 Å². The maximum Gasteiger partial charge on any atom is 0.245 e. The van der Waals surface area contributed by atoms with Crippen molar-refractivity contribution in [1.82, 2.24) is 20.6 Å². The fourth-order valence-electron chi connectivity index (χ4n) is 3.33. The Morgan fingerprint density at radius 2 is 2.00 bits per heavy atom. The molecule has 0 saturated heterocycles. The number of hydrogen-bond acceptors (Lipinski definition) is 8. The molecule has 2 aromatic heterocycles. The van der Waals surface area contributed by atoms with Crippen LogP contribution in [0.2, 0.25) is 0 Å². The number of amides is 2. The predicted octanol–water partition coefficient (Wildman–Crippen LogP) is 1.99. The van der Waals surface area contributed by atoms with E-state index in [2.05, 4.69) is 20.6 Å². The number of pyridine rings is 1. The first kappa shape index (κ1) is 24.2. The minimum atomic E-state index is -3.99. The van der Waals surface area contributed by atoms with E-state index in [0.717, 1.165) is 24.2 Å². The molecule has 0 radical (unpaired) electrons. The van der Waals surface area contributed by atoms with Crippen LogP contribution in [0.3, 0.4) is 0 Å². The topological polar surface area (TPSA) is 127 Å². The molecule has 34 heavy (non-hydrogen) atoms. The summed E-state index contributed by atoms with van der Waals surface area (Å²) in [5, 5.41) is 3.67. The van der Waals surface area contributed by atoms with Crippen LogP contribution >= 0.6 is 11.3 Å². The standard InChI is InChI=1S/C22H23FN4O5S2/c1-32-8-9-34(30,31)20(21(29)25-12-19(28)26-15-3-4-15)22-27-16-10-13(2-5-17(16)33-22)14-6-7-24-18(23)11-14/h2,5-7,10-11,15,20H,3-4,8-9,12H2,1H3,(H,25,29)(H,26,28). The molecule has 2 amide bonds. The Balaban J connectivity index is 1.63. The van der Waals surface area contributed by atoms with Crippen LogP contribution in [0, 0.1) is 5.95 Å². The van der Waals surface area contributed by atoms with Gasteiger partial charge in [0.05, 0.1) is 29.1 Å². The summed E-state index contributed by atoms with van der Waals surface area (Å²) in [5.41, 5.74) is 1.74. The first-order valence-electron chi connectivity index (χ1n) is 10.6. The molecule has 4 rings (SSSR count). The molecule has 1 fully saturated rings. The van der Waals surface area contributed by atoms with Gasteiger partial charge in [0.15, 0.2) is 15.1 Å². The largest absolute Gasteiger partial charge is 0.384 e. The Kier molecular flexibility index (Phi) is 7.19. The Morgan fingerprint density at radius 1 is 1.24 bits per heavy atom. The highest BCUT2D eigenvalue weighted by Gasteiger charge is 2.37. The third kappa shape index (κ3) is 5.75. The van der Waals surface area contributed by atoms with Crippen LogP contribution in [0.1, 0.15) is 23.1 Å². The number of ether oxygens (including phenoxy) is 1. The summed E-state index contributed by atoms with van der Waals surface area (Å²) in [5.74, 6) is -2.20. The molecule has 2 heterocycles. The van der Waals surface area contributed by atoms with Gasteiger partial charge < -0.3 is 15.4 Å². The van der Waals surface area contributed by atoms with Gasteiger partial charge in [0.25, 0.3) is 0 Å². The van der Waals surface area contributed by atoms with Gasteiger partial charge in [-0.15, -0.1) is 11.3 Å². The molecule has 1 saturated carbocycles. The van der Waals surface area contributed by atoms with Crippen LogP contribution in [0.5, 0.6) is 0 Å². The minimum absolute atomic E-state index is 0.0864. The van der Waals surface area contributed by atoms with Crippen molar-refractivity contribution >= 4 is 43.2 Å². The van der Waals surface area contributed by atoms with Crippen molar-refractivity contribution in [3.63, 3.8) is 0 Å². The number of methoxy groups -OCH3 is 1. The lowest BCUT2D eigenvalue weighted by molar-refractivity contribution is -0.126. The van der Waals surface area contributed by atoms with E-state index < -0.39 is 26.9 Å². The molecule has 9 nitrogen and oxygen atoms in total. The van der Waals surface area contributed by atoms with Gasteiger partial charge in [-0.2, -0.15) is 4.39 Å². The smallest absolute Gasteiger partial charge is 0.245 e. The van der Waals surface area contributed by atoms with E-state index in [1.165, 1.54) is 19.4 Å². The van der Waals surface area contributed by atoms with Crippen molar-refractivity contribution in [2.24, 2.45) is 0 Å². The number of thiazole rings is 1. The Morgan fingerprint density at radius 3 is 2.71 bits per heavy atom. The maximum atomic E-state index is 13.5. The van der Waals surface area contributed by atoms with Gasteiger partial charge >= 0.3 is 0 Å². The molecule has 1 atom stereocenters. The lowest BCUT2D eigenvalue weighted by Crippen LogP contribution is -2.41. The zero-order valence-electron chi connectivity index (χ0n) is 18.3. The van der Waals surface area contributed by atoms with E-state index in [9.17, 15) is 22.4 Å². The van der Waals surface area contributed by atoms with Crippen molar-refractivity contribution in [3.05, 3.63) is 47.5 Å². The lowest BCUT2D eigenvalue weighted by Gasteiger charge is -2.15. The van der Waals surface area contributed by atoms with Crippen molar-refractivity contribution in [3.8, 4) is 11.1 Å². The summed E-state index contributed by atoms with van der Waals surface area (Å²) in [6, 6.07) is 8.25. The second kappa shape index (κ2) is 10.1. The second-order valence-electron chi connectivity index (χ2n) is 7.90. The fraction of sp³-hybridized carbons (Fsp3) is 0.364. The summed E-state index contributed by atoms with van der Waals surface area (Å²) < 4.78 is 45.2. The van der Waals surface area contributed by atoms with Gasteiger partial charge in [-0.05, 0) is 42.2 Å². The lowest BCUT2D eigenvalue weighted by atomic mass is 10.1. The number of nitrogens with zero attached hydrogens (tertiary/aromatic N) is 2. The van der Waals surface area contributed by atoms with Gasteiger partial charge in [0.1, 0.15) is 5.01 Å². The van der Waals surface area contributed by atoms with Crippen molar-refractivity contribution in [2.45, 2.75) is 24.1 Å². The zero-order chi connectivity index (χ0) is 24.3. The Hall–Kier alpha value is -2.96. The molecule has 2 N–H and O–H groups in total. The molecular weight excluding hydrogens is 483 g/mol. The van der Waals surface area contributed by atoms with Gasteiger partial charge in [0.2, 0.25) is 17.8 Å². The van der Waals surface area contributed by atoms with Crippen LogP contribution in [-0.2, 0) is 24.2 Å². The molecule has 0 aliphatic heterocycles. The third-order valence-electron chi connectivity index (χ3n) is 5.22. The SMILES string of the molecule is COCCS(=O)(=O)C(C(=O)NCC(=O)NC1CC1)c1nc2cc(-c3ccnc(F)c3)ccc2s1. The number of hydrogen-bond donors (Lipinski definition) is 2. The molecule has 0 spiro atoms. The molecule has 1 aromatic carbocycles. The highest BCUT2D eigenvalue weighted by Crippen LogP contribution is 2.34. The van der Waals surface area contributed by atoms with Crippen LogP contribution in [-0.4, -0.2) is 62.3 Å². The third-order valence-corrected chi connectivity index (χ3v) is 8.36. The minimum Gasteiger partial charge on any atom is -0.384 e. The molecule has 1 aliphatic rings. The first-order valence-corrected chi connectivity index (χ1v) is 13.1. The van der Waals surface area contributed by atoms with Crippen LogP contribution in [0.25, 0.3) is 21.3 Å². The van der Waals surface area contributed by atoms with Crippen molar-refractivity contribution < 1.29 is 27.1 Å². The number of aromatic nitrogens is 2. The van der Waals surface area contributed by atoms with Crippen LogP contribution in [0.15, 0.2) is 36.5 Å². The first-order chi connectivity index (χ1) is 16.3. The molecule has 12 heteroatoms. The number of fused-ring (bicyclic) bond motifs is 1. The number of sulfone groups is 1. The fourth-order valence-corrected chi connectivity index (χ4v) is 6.25. The summed E-state index contributed by atoms with van der Waals surface area (Å²) >= 11 is 1.08. The van der Waals surface area contributed by atoms with Crippen LogP contribution in [0.4, 0.5) is 4.39 Å². The Bertz CT molecular complexity index is 1320. The number of benzene rings is 1. The molecule has 3 aromatic rings. The number of carbonyl (C=O) groups is 2. The monoisotopic (exact) mass is 506 g/mol. The highest BCUT2D eigenvalue weighted by atomic mass is 32.2. The zero-order valence-corrected chi connectivity index (χ0v) is 19.9. The van der Waals surface area contributed by atoms with E-state index in [4.69, 9.17) is 4.74 Å². The van der Waals surface area contributed by atoms with Crippen molar-refractivity contribution in [1.29, 1.82) is 0 Å². The number of halogens is 1. The summed E-state index contributed by atoms with van der Waals surface area (Å²) in [4.78, 5) is 32.9. The number of nitrogens with one attached hydrogen (secondary N) is 2. The Labute approximate surface area is 199 Å². The van der Waals surface area contributed by atoms with E-state index in [1.54, 1.807) is 24.3 Å². The van der Waals surface area contributed by atoms with Crippen LogP contribution < -0.4 is 10.6 Å². The number of rotatable bonds is 10. The second-order valence-corrected chi connectivity index (χ2v) is 11.2. The number of carbonyl (C=O) groups excluding carboxylic acids is 2. The summed E-state index contributed by atoms with van der Waals surface area (Å²) in [7, 11) is -2.62. The maximum absolute atomic E-state index is 13.5. The normalized spacial score (nSPS) is 14.6. The molecular formula is C22H23FN4O5S2. The molecule has 180 valence electrons. The van der Waals surface area contributed by atoms with Crippen molar-refractivity contribution in [2.75, 3.05) is 26.0 Å².